The summed E-state index contributed by atoms with van der Waals surface area (Å²) in [4.78, 5) is 14.3. The SMILES string of the molecule is O=P12c3c4cc(-c5ccccc5)cc3N(c3ccccc3)c3cc5c6c7c(cc5c(c31)N(c1ccccc1)c1cccc(c12)N4c1ccccc1)N(c1ccccc1)c1cc(-c2ccccc2)cc2c1P7(=O)c1c(cccc1N6c1ccccc1)N2c1ccccc1. The van der Waals surface area contributed by atoms with Crippen molar-refractivity contribution in [3.8, 4) is 22.3 Å². The van der Waals surface area contributed by atoms with Crippen molar-refractivity contribution in [2.75, 3.05) is 29.4 Å². The maximum absolute atomic E-state index is 18.9. The summed E-state index contributed by atoms with van der Waals surface area (Å²) in [7, 11) is -7.96. The summed E-state index contributed by atoms with van der Waals surface area (Å²) in [5.41, 5.74) is 19.7. The van der Waals surface area contributed by atoms with E-state index in [0.29, 0.717) is 0 Å². The second-order valence-corrected chi connectivity index (χ2v) is 29.4. The minimum Gasteiger partial charge on any atom is -0.309 e. The molecule has 6 aliphatic rings. The number of anilines is 18. The normalized spacial score (nSPS) is 17.0. The summed E-state index contributed by atoms with van der Waals surface area (Å²) in [6.45, 7) is 0. The number of fused-ring (bicyclic) bond motifs is 3. The van der Waals surface area contributed by atoms with Crippen LogP contribution in [0.5, 0.6) is 0 Å². The first kappa shape index (κ1) is 51.5. The third kappa shape index (κ3) is 6.76. The molecule has 8 nitrogen and oxygen atoms in total. The van der Waals surface area contributed by atoms with E-state index in [1.54, 1.807) is 0 Å². The smallest absolute Gasteiger partial charge is 0.183 e. The van der Waals surface area contributed by atoms with Gasteiger partial charge in [-0.15, -0.1) is 0 Å². The Bertz CT molecular complexity index is 5200. The van der Waals surface area contributed by atoms with Crippen LogP contribution >= 0.6 is 14.3 Å². The summed E-state index contributed by atoms with van der Waals surface area (Å²) in [6, 6.07) is 111. The summed E-state index contributed by atoms with van der Waals surface area (Å²) in [5.74, 6) is 0. The van der Waals surface area contributed by atoms with E-state index in [9.17, 15) is 0 Å². The van der Waals surface area contributed by atoms with Gasteiger partial charge in [-0.1, -0.05) is 182 Å². The Labute approximate surface area is 532 Å². The van der Waals surface area contributed by atoms with E-state index in [2.05, 4.69) is 345 Å². The van der Waals surface area contributed by atoms with Gasteiger partial charge in [0.25, 0.3) is 0 Å². The maximum atomic E-state index is 18.9. The van der Waals surface area contributed by atoms with Crippen molar-refractivity contribution in [2.45, 2.75) is 0 Å². The number of hydrogen-bond donors (Lipinski definition) is 0. The molecule has 0 spiro atoms. The summed E-state index contributed by atoms with van der Waals surface area (Å²) in [6.07, 6.45) is 0. The van der Waals surface area contributed by atoms with Crippen LogP contribution < -0.4 is 61.2 Å². The van der Waals surface area contributed by atoms with E-state index in [-0.39, 0.29) is 0 Å². The van der Waals surface area contributed by atoms with E-state index in [4.69, 9.17) is 0 Å². The molecule has 0 aliphatic carbocycles. The van der Waals surface area contributed by atoms with E-state index in [0.717, 1.165) is 167 Å². The van der Waals surface area contributed by atoms with Crippen molar-refractivity contribution < 1.29 is 9.13 Å². The maximum Gasteiger partial charge on any atom is 0.183 e. The summed E-state index contributed by atoms with van der Waals surface area (Å²) < 4.78 is 37.8. The molecule has 0 aromatic heterocycles. The zero-order valence-electron chi connectivity index (χ0n) is 49.4. The minimum atomic E-state index is -3.98. The number of hydrogen-bond acceptors (Lipinski definition) is 8. The zero-order chi connectivity index (χ0) is 60.6. The first-order valence-electron chi connectivity index (χ1n) is 31.2. The van der Waals surface area contributed by atoms with Gasteiger partial charge < -0.3 is 38.5 Å². The van der Waals surface area contributed by atoms with Crippen LogP contribution in [0.3, 0.4) is 0 Å². The highest BCUT2D eigenvalue weighted by Crippen LogP contribution is 2.72. The second kappa shape index (κ2) is 19.1. The number of benzene rings is 14. The molecular formula is C82H52N6O2P2. The molecule has 14 aromatic rings. The highest BCUT2D eigenvalue weighted by atomic mass is 31.2. The molecule has 6 aliphatic heterocycles. The first-order chi connectivity index (χ1) is 45.5. The van der Waals surface area contributed by atoms with E-state index in [1.165, 1.54) is 0 Å². The standard InChI is InChI=1S/C82H52N6O2P2/c89-91-77-65-43-25-45-67(77)87(61-39-21-7-22-40-61)75-64-52-74-82-76(63(64)51-73(81(75)91)85(59-35-17-5-18-36-59)71-49-55(53-27-9-1-10-28-53)47-69(79(71)91)83(65)57-31-13-3-14-32-57)88(62-41-23-8-24-42-62)68-46-26-44-66-78(68)92(82,90)80-70(84(66)58-33-15-4-16-34-58)48-56(54-29-11-2-12-30-54)50-72(80)86(74)60-37-19-6-20-38-60/h1-52H. The molecule has 0 amide bonds. The Balaban J connectivity index is 1.01. The van der Waals surface area contributed by atoms with Crippen LogP contribution in [0, 0.1) is 0 Å². The molecule has 20 rings (SSSR count). The van der Waals surface area contributed by atoms with E-state index >= 15 is 9.13 Å². The van der Waals surface area contributed by atoms with Crippen molar-refractivity contribution in [3.63, 3.8) is 0 Å². The molecular weight excluding hydrogens is 1160 g/mol. The Morgan fingerprint density at radius 2 is 0.402 bits per heavy atom. The van der Waals surface area contributed by atoms with E-state index < -0.39 is 14.3 Å². The lowest BCUT2D eigenvalue weighted by Gasteiger charge is -2.52. The molecule has 2 atom stereocenters. The van der Waals surface area contributed by atoms with Gasteiger partial charge in [-0.2, -0.15) is 0 Å². The first-order valence-corrected chi connectivity index (χ1v) is 34.6. The predicted molar refractivity (Wildman–Crippen MR) is 383 cm³/mol. The average Bonchev–Trinajstić information content (AvgIpc) is 0.653. The van der Waals surface area contributed by atoms with Crippen molar-refractivity contribution in [1.82, 2.24) is 0 Å². The molecule has 6 heterocycles. The van der Waals surface area contributed by atoms with Crippen LogP contribution in [-0.2, 0) is 9.13 Å². The Morgan fingerprint density at radius 3 is 0.685 bits per heavy atom. The van der Waals surface area contributed by atoms with Gasteiger partial charge in [-0.25, -0.2) is 0 Å². The quantitative estimate of drug-likeness (QED) is 0.140. The highest BCUT2D eigenvalue weighted by molar-refractivity contribution is 7.88. The van der Waals surface area contributed by atoms with Crippen molar-refractivity contribution in [2.24, 2.45) is 0 Å². The monoisotopic (exact) mass is 1210 g/mol. The van der Waals surface area contributed by atoms with Gasteiger partial charge in [-0.05, 0) is 156 Å². The third-order valence-electron chi connectivity index (χ3n) is 19.5. The Morgan fingerprint density at radius 1 is 0.185 bits per heavy atom. The van der Waals surface area contributed by atoms with E-state index in [1.807, 2.05) is 0 Å². The molecule has 92 heavy (non-hydrogen) atoms. The lowest BCUT2D eigenvalue weighted by atomic mass is 9.96. The predicted octanol–water partition coefficient (Wildman–Crippen LogP) is 20.2. The number of rotatable bonds is 8. The van der Waals surface area contributed by atoms with Crippen LogP contribution in [0.4, 0.5) is 102 Å². The van der Waals surface area contributed by atoms with Crippen LogP contribution in [0.15, 0.2) is 315 Å². The molecule has 0 radical (unpaired) electrons. The van der Waals surface area contributed by atoms with Crippen molar-refractivity contribution in [1.29, 1.82) is 0 Å². The van der Waals surface area contributed by atoms with Crippen LogP contribution in [0.25, 0.3) is 33.0 Å². The number of para-hydroxylation sites is 6. The van der Waals surface area contributed by atoms with Crippen LogP contribution in [0.2, 0.25) is 0 Å². The summed E-state index contributed by atoms with van der Waals surface area (Å²) in [5, 5.41) is 6.39. The molecule has 0 fully saturated rings. The fourth-order valence-electron chi connectivity index (χ4n) is 15.9. The van der Waals surface area contributed by atoms with Gasteiger partial charge in [0.15, 0.2) is 14.3 Å². The van der Waals surface area contributed by atoms with Crippen LogP contribution in [-0.4, -0.2) is 0 Å². The van der Waals surface area contributed by atoms with Crippen molar-refractivity contribution >= 4 is 159 Å². The Kier molecular flexibility index (Phi) is 10.7. The molecule has 0 saturated heterocycles. The molecule has 432 valence electrons. The van der Waals surface area contributed by atoms with Gasteiger partial charge in [-0.3, -0.25) is 0 Å². The molecule has 0 saturated carbocycles. The fraction of sp³-hybridized carbons (Fsp3) is 0. The van der Waals surface area contributed by atoms with Gasteiger partial charge in [0, 0.05) is 44.9 Å². The Hall–Kier alpha value is -11.4. The van der Waals surface area contributed by atoms with Crippen LogP contribution in [0.1, 0.15) is 0 Å². The largest absolute Gasteiger partial charge is 0.309 e. The number of nitrogens with zero attached hydrogens (tertiary/aromatic N) is 6. The molecule has 0 bridgehead atoms. The van der Waals surface area contributed by atoms with Gasteiger partial charge in [0.05, 0.1) is 100 Å². The van der Waals surface area contributed by atoms with Gasteiger partial charge in [0.2, 0.25) is 0 Å². The lowest BCUT2D eigenvalue weighted by Crippen LogP contribution is -2.49. The lowest BCUT2D eigenvalue weighted by molar-refractivity contribution is 0.591. The summed E-state index contributed by atoms with van der Waals surface area (Å²) >= 11 is 0. The molecule has 14 aromatic carbocycles. The molecule has 0 N–H and O–H groups in total. The molecule has 10 heteroatoms. The van der Waals surface area contributed by atoms with Gasteiger partial charge in [0.1, 0.15) is 0 Å². The minimum absolute atomic E-state index is 0.752. The average molecular weight is 1220 g/mol. The topological polar surface area (TPSA) is 53.6 Å². The fourth-order valence-corrected chi connectivity index (χ4v) is 23.2. The molecule has 2 unspecified atom stereocenters. The zero-order valence-corrected chi connectivity index (χ0v) is 51.2. The third-order valence-corrected chi connectivity index (χ3v) is 26.0. The van der Waals surface area contributed by atoms with Gasteiger partial charge >= 0.3 is 0 Å². The van der Waals surface area contributed by atoms with Crippen molar-refractivity contribution in [3.05, 3.63) is 315 Å². The highest BCUT2D eigenvalue weighted by Gasteiger charge is 2.59. The second-order valence-electron chi connectivity index (χ2n) is 24.3.